The van der Waals surface area contributed by atoms with Gasteiger partial charge in [-0.05, 0) is 55.7 Å². The summed E-state index contributed by atoms with van der Waals surface area (Å²) < 4.78 is 69.2. The highest BCUT2D eigenvalue weighted by atomic mass is 32.2. The number of benzene rings is 2. The molecule has 40 heavy (non-hydrogen) atoms. The number of likely N-dealkylation sites (N-methyl/N-ethyl adjacent to an activating group) is 1. The second-order valence-electron chi connectivity index (χ2n) is 10.8. The molecule has 3 aliphatic rings. The van der Waals surface area contributed by atoms with Crippen LogP contribution in [0.3, 0.4) is 0 Å². The second-order valence-corrected chi connectivity index (χ2v) is 14.8. The first-order valence-electron chi connectivity index (χ1n) is 13.4. The van der Waals surface area contributed by atoms with Gasteiger partial charge in [-0.3, -0.25) is 0 Å². The molecular weight excluding hydrogens is 558 g/mol. The highest BCUT2D eigenvalue weighted by Gasteiger charge is 2.44. The van der Waals surface area contributed by atoms with Crippen LogP contribution in [0.4, 0.5) is 5.69 Å². The summed E-state index contributed by atoms with van der Waals surface area (Å²) in [5.74, 6) is 1.07. The molecule has 0 aliphatic carbocycles. The van der Waals surface area contributed by atoms with Gasteiger partial charge in [0.05, 0.1) is 34.2 Å². The number of fused-ring (bicyclic) bond motifs is 1. The molecule has 1 spiro atoms. The number of rotatable bonds is 9. The Kier molecular flexibility index (Phi) is 8.33. The maximum absolute atomic E-state index is 13.4. The van der Waals surface area contributed by atoms with Crippen molar-refractivity contribution in [1.29, 1.82) is 0 Å². The summed E-state index contributed by atoms with van der Waals surface area (Å²) in [5, 5.41) is 13.7. The minimum absolute atomic E-state index is 0.0103. The molecule has 11 nitrogen and oxygen atoms in total. The third-order valence-electron chi connectivity index (χ3n) is 7.82. The third-order valence-corrected chi connectivity index (χ3v) is 10.8. The molecule has 2 saturated heterocycles. The Morgan fingerprint density at radius 1 is 1.10 bits per heavy atom. The van der Waals surface area contributed by atoms with Gasteiger partial charge in [0.1, 0.15) is 30.8 Å². The topological polar surface area (TPSA) is 135 Å². The lowest BCUT2D eigenvalue weighted by atomic mass is 9.88. The van der Waals surface area contributed by atoms with Crippen LogP contribution in [0.25, 0.3) is 0 Å². The average Bonchev–Trinajstić information content (AvgIpc) is 3.32. The number of ether oxygens (including phenoxy) is 3. The smallest absolute Gasteiger partial charge is 0.243 e. The van der Waals surface area contributed by atoms with Gasteiger partial charge in [0.2, 0.25) is 10.0 Å². The fourth-order valence-corrected chi connectivity index (χ4v) is 7.56. The molecule has 0 amide bonds. The molecule has 2 fully saturated rings. The number of sulfonamides is 1. The maximum atomic E-state index is 13.4. The van der Waals surface area contributed by atoms with E-state index in [-0.39, 0.29) is 34.6 Å². The molecule has 5 rings (SSSR count). The van der Waals surface area contributed by atoms with Gasteiger partial charge >= 0.3 is 0 Å². The van der Waals surface area contributed by atoms with E-state index in [1.165, 1.54) is 16.4 Å². The van der Waals surface area contributed by atoms with Crippen molar-refractivity contribution in [3.63, 3.8) is 0 Å². The molecule has 2 unspecified atom stereocenters. The fraction of sp³-hybridized carbons (Fsp3) is 0.556. The first kappa shape index (κ1) is 29.1. The summed E-state index contributed by atoms with van der Waals surface area (Å²) in [5.41, 5.74) is 0.394. The lowest BCUT2D eigenvalue weighted by Gasteiger charge is -2.38. The van der Waals surface area contributed by atoms with Gasteiger partial charge in [-0.2, -0.15) is 4.31 Å². The summed E-state index contributed by atoms with van der Waals surface area (Å²) in [4.78, 5) is 2.43. The molecule has 2 aromatic rings. The van der Waals surface area contributed by atoms with Gasteiger partial charge in [0, 0.05) is 39.0 Å². The monoisotopic (exact) mass is 595 g/mol. The molecule has 2 N–H and O–H groups in total. The van der Waals surface area contributed by atoms with Gasteiger partial charge in [-0.1, -0.05) is 6.07 Å². The molecule has 13 heteroatoms. The highest BCUT2D eigenvalue weighted by molar-refractivity contribution is 7.90. The van der Waals surface area contributed by atoms with Crippen LogP contribution in [-0.4, -0.2) is 103 Å². The molecule has 0 bridgehead atoms. The SMILES string of the molecule is CN1CCOc2ccc(S(=O)(=O)N3CCC4(CC3)CC(NCC(O)COc3cccc(S(C)(=O)=O)c3)CO4)cc21. The Hall–Kier alpha value is -2.42. The summed E-state index contributed by atoms with van der Waals surface area (Å²) in [6, 6.07) is 11.2. The van der Waals surface area contributed by atoms with E-state index >= 15 is 0 Å². The average molecular weight is 596 g/mol. The predicted octanol–water partition coefficient (Wildman–Crippen LogP) is 1.26. The molecule has 2 aromatic carbocycles. The van der Waals surface area contributed by atoms with Crippen LogP contribution in [0.2, 0.25) is 0 Å². The molecular formula is C27H37N3O8S2. The molecule has 220 valence electrons. The highest BCUT2D eigenvalue weighted by Crippen LogP contribution is 2.39. The summed E-state index contributed by atoms with van der Waals surface area (Å²) in [7, 11) is -5.06. The van der Waals surface area contributed by atoms with E-state index in [0.29, 0.717) is 57.2 Å². The van der Waals surface area contributed by atoms with Gasteiger partial charge in [-0.15, -0.1) is 0 Å². The van der Waals surface area contributed by atoms with Crippen molar-refractivity contribution in [2.24, 2.45) is 0 Å². The van der Waals surface area contributed by atoms with Crippen LogP contribution in [0, 0.1) is 0 Å². The Labute approximate surface area is 236 Å². The van der Waals surface area contributed by atoms with E-state index in [2.05, 4.69) is 5.32 Å². The number of aliphatic hydroxyl groups excluding tert-OH is 1. The zero-order chi connectivity index (χ0) is 28.5. The van der Waals surface area contributed by atoms with Crippen LogP contribution in [0.1, 0.15) is 19.3 Å². The Morgan fingerprint density at radius 3 is 2.62 bits per heavy atom. The lowest BCUT2D eigenvalue weighted by Crippen LogP contribution is -2.47. The van der Waals surface area contributed by atoms with Crippen LogP contribution in [0.5, 0.6) is 11.5 Å². The number of hydrogen-bond acceptors (Lipinski definition) is 10. The van der Waals surface area contributed by atoms with Crippen molar-refractivity contribution < 1.29 is 36.2 Å². The van der Waals surface area contributed by atoms with E-state index in [4.69, 9.17) is 14.2 Å². The number of anilines is 1. The van der Waals surface area contributed by atoms with E-state index in [0.717, 1.165) is 18.4 Å². The van der Waals surface area contributed by atoms with E-state index in [9.17, 15) is 21.9 Å². The van der Waals surface area contributed by atoms with Crippen molar-refractivity contribution in [2.45, 2.75) is 46.8 Å². The lowest BCUT2D eigenvalue weighted by molar-refractivity contribution is -0.0312. The molecule has 0 saturated carbocycles. The predicted molar refractivity (Wildman–Crippen MR) is 149 cm³/mol. The van der Waals surface area contributed by atoms with Crippen LogP contribution < -0.4 is 19.7 Å². The van der Waals surface area contributed by atoms with Gasteiger partial charge in [0.15, 0.2) is 9.84 Å². The zero-order valence-electron chi connectivity index (χ0n) is 22.8. The molecule has 3 heterocycles. The van der Waals surface area contributed by atoms with Gasteiger partial charge in [0.25, 0.3) is 0 Å². The van der Waals surface area contributed by atoms with Crippen molar-refractivity contribution in [2.75, 3.05) is 64.2 Å². The maximum Gasteiger partial charge on any atom is 0.243 e. The Morgan fingerprint density at radius 2 is 1.88 bits per heavy atom. The summed E-state index contributed by atoms with van der Waals surface area (Å²) in [6.07, 6.45) is 2.26. The minimum atomic E-state index is -3.64. The number of nitrogens with zero attached hydrogens (tertiary/aromatic N) is 2. The van der Waals surface area contributed by atoms with E-state index in [1.54, 1.807) is 30.3 Å². The second kappa shape index (κ2) is 11.5. The number of piperidine rings is 1. The van der Waals surface area contributed by atoms with Gasteiger partial charge < -0.3 is 29.5 Å². The molecule has 2 atom stereocenters. The molecule has 0 aromatic heterocycles. The zero-order valence-corrected chi connectivity index (χ0v) is 24.4. The first-order chi connectivity index (χ1) is 19.0. The fourth-order valence-electron chi connectivity index (χ4n) is 5.45. The quantitative estimate of drug-likeness (QED) is 0.436. The summed E-state index contributed by atoms with van der Waals surface area (Å²) >= 11 is 0. The number of nitrogens with one attached hydrogen (secondary N) is 1. The minimum Gasteiger partial charge on any atom is -0.491 e. The standard InChI is InChI=1S/C27H37N3O8S2/c1-29-12-13-36-26-7-6-24(15-25(26)29)40(34,35)30-10-8-27(9-11-30)16-20(18-38-27)28-17-21(31)19-37-22-4-3-5-23(14-22)39(2,32)33/h3-7,14-15,20-21,28,31H,8-13,16-19H2,1-2H3. The normalized spacial score (nSPS) is 22.1. The van der Waals surface area contributed by atoms with Crippen LogP contribution in [-0.2, 0) is 24.6 Å². The number of aliphatic hydroxyl groups is 1. The first-order valence-corrected chi connectivity index (χ1v) is 16.7. The molecule has 3 aliphatic heterocycles. The van der Waals surface area contributed by atoms with Crippen molar-refractivity contribution in [3.8, 4) is 11.5 Å². The van der Waals surface area contributed by atoms with Crippen molar-refractivity contribution in [1.82, 2.24) is 9.62 Å². The van der Waals surface area contributed by atoms with Crippen LogP contribution >= 0.6 is 0 Å². The number of sulfone groups is 1. The number of hydrogen-bond donors (Lipinski definition) is 2. The van der Waals surface area contributed by atoms with Gasteiger partial charge in [-0.25, -0.2) is 16.8 Å². The Bertz CT molecular complexity index is 1430. The van der Waals surface area contributed by atoms with E-state index in [1.807, 2.05) is 11.9 Å². The Balaban J connectivity index is 1.09. The van der Waals surface area contributed by atoms with Crippen LogP contribution in [0.15, 0.2) is 52.3 Å². The third kappa shape index (κ3) is 6.39. The van der Waals surface area contributed by atoms with E-state index < -0.39 is 26.0 Å². The van der Waals surface area contributed by atoms with Crippen molar-refractivity contribution >= 4 is 25.5 Å². The largest absolute Gasteiger partial charge is 0.491 e. The van der Waals surface area contributed by atoms with Crippen molar-refractivity contribution in [3.05, 3.63) is 42.5 Å². The summed E-state index contributed by atoms with van der Waals surface area (Å²) in [6.45, 7) is 2.81. The molecule has 0 radical (unpaired) electrons.